The third kappa shape index (κ3) is 6.23. The molecule has 1 N–H and O–H groups in total. The number of hydrogen-bond acceptors (Lipinski definition) is 5. The van der Waals surface area contributed by atoms with Gasteiger partial charge in [0, 0.05) is 0 Å². The Morgan fingerprint density at radius 3 is 2.33 bits per heavy atom. The number of amides is 3. The first kappa shape index (κ1) is 26.1. The van der Waals surface area contributed by atoms with Crippen LogP contribution in [0.25, 0.3) is 6.08 Å². The van der Waals surface area contributed by atoms with Gasteiger partial charge in [-0.25, -0.2) is 0 Å². The second-order valence-corrected chi connectivity index (χ2v) is 10.1. The minimum Gasteiger partial charge on any atom is -0.486 e. The molecule has 6 nitrogen and oxygen atoms in total. The van der Waals surface area contributed by atoms with Crippen LogP contribution in [0, 0.1) is 6.92 Å². The van der Waals surface area contributed by atoms with E-state index in [4.69, 9.17) is 39.5 Å². The van der Waals surface area contributed by atoms with E-state index >= 15 is 0 Å². The van der Waals surface area contributed by atoms with Crippen molar-refractivity contribution in [2.24, 2.45) is 0 Å². The Balaban J connectivity index is 1.44. The summed E-state index contributed by atoms with van der Waals surface area (Å²) in [6.07, 6.45) is 1.50. The number of nitrogens with zero attached hydrogens (tertiary/aromatic N) is 1. The number of anilines is 1. The molecule has 1 aliphatic rings. The zero-order valence-corrected chi connectivity index (χ0v) is 22.0. The average molecular weight is 562 g/mol. The zero-order valence-electron chi connectivity index (χ0n) is 18.9. The Hall–Kier alpha value is -2.97. The number of halogens is 3. The van der Waals surface area contributed by atoms with E-state index in [9.17, 15) is 14.4 Å². The van der Waals surface area contributed by atoms with Crippen LogP contribution in [0.4, 0.5) is 10.5 Å². The van der Waals surface area contributed by atoms with E-state index in [2.05, 4.69) is 5.32 Å². The van der Waals surface area contributed by atoms with Crippen molar-refractivity contribution in [2.75, 3.05) is 11.9 Å². The summed E-state index contributed by atoms with van der Waals surface area (Å²) in [5.74, 6) is -0.820. The molecule has 3 aromatic carbocycles. The summed E-state index contributed by atoms with van der Waals surface area (Å²) in [4.78, 5) is 38.6. The lowest BCUT2D eigenvalue weighted by molar-refractivity contribution is -0.127. The second kappa shape index (κ2) is 11.4. The third-order valence-electron chi connectivity index (χ3n) is 5.15. The van der Waals surface area contributed by atoms with Crippen LogP contribution < -0.4 is 10.1 Å². The van der Waals surface area contributed by atoms with Crippen LogP contribution in [0.5, 0.6) is 5.75 Å². The summed E-state index contributed by atoms with van der Waals surface area (Å²) in [5.41, 5.74) is 3.01. The van der Waals surface area contributed by atoms with E-state index in [1.165, 1.54) is 6.08 Å². The van der Waals surface area contributed by atoms with Crippen molar-refractivity contribution in [3.8, 4) is 5.75 Å². The molecule has 1 saturated heterocycles. The molecule has 1 heterocycles. The molecular weight excluding hydrogens is 543 g/mol. The molecule has 1 fully saturated rings. The van der Waals surface area contributed by atoms with Gasteiger partial charge in [-0.1, -0.05) is 76.8 Å². The molecule has 0 aromatic heterocycles. The first-order valence-corrected chi connectivity index (χ1v) is 12.6. The lowest BCUT2D eigenvalue weighted by Crippen LogP contribution is -2.36. The number of carbonyl (C=O) groups excluding carboxylic acids is 3. The van der Waals surface area contributed by atoms with Gasteiger partial charge in [0.05, 0.1) is 25.7 Å². The van der Waals surface area contributed by atoms with Crippen LogP contribution in [-0.4, -0.2) is 28.5 Å². The number of benzene rings is 3. The van der Waals surface area contributed by atoms with E-state index in [0.29, 0.717) is 22.0 Å². The van der Waals surface area contributed by atoms with Crippen LogP contribution in [0.3, 0.4) is 0 Å². The molecule has 0 radical (unpaired) electrons. The lowest BCUT2D eigenvalue weighted by atomic mass is 10.1. The highest BCUT2D eigenvalue weighted by atomic mass is 35.5. The van der Waals surface area contributed by atoms with Crippen LogP contribution in [-0.2, 0) is 16.2 Å². The van der Waals surface area contributed by atoms with Crippen molar-refractivity contribution in [1.29, 1.82) is 0 Å². The molecule has 4 rings (SSSR count). The summed E-state index contributed by atoms with van der Waals surface area (Å²) in [6, 6.07) is 17.7. The molecule has 0 aliphatic carbocycles. The molecule has 0 bridgehead atoms. The average Bonchev–Trinajstić information content (AvgIpc) is 3.08. The van der Waals surface area contributed by atoms with Gasteiger partial charge in [-0.05, 0) is 60.2 Å². The highest BCUT2D eigenvalue weighted by Crippen LogP contribution is 2.38. The Kier molecular flexibility index (Phi) is 8.26. The maximum absolute atomic E-state index is 12.8. The molecule has 3 amide bonds. The summed E-state index contributed by atoms with van der Waals surface area (Å²) in [5, 5.41) is 2.91. The quantitative estimate of drug-likeness (QED) is 0.309. The van der Waals surface area contributed by atoms with Gasteiger partial charge in [0.2, 0.25) is 5.91 Å². The summed E-state index contributed by atoms with van der Waals surface area (Å²) in [6.45, 7) is 1.84. The molecule has 0 saturated carbocycles. The number of nitrogens with one attached hydrogen (secondary N) is 1. The predicted molar refractivity (Wildman–Crippen MR) is 145 cm³/mol. The van der Waals surface area contributed by atoms with Gasteiger partial charge in [-0.15, -0.1) is 0 Å². The fourth-order valence-corrected chi connectivity index (χ4v) is 4.96. The zero-order chi connectivity index (χ0) is 25.8. The number of hydrogen-bond donors (Lipinski definition) is 1. The second-order valence-electron chi connectivity index (χ2n) is 7.88. The standard InChI is InChI=1S/C26H19Cl3N2O4S/c1-15-6-8-16(9-7-15)14-35-24-19(28)10-17(11-20(24)29)12-22-25(33)31(26(34)36-22)13-23(32)30-21-5-3-2-4-18(21)27/h2-12H,13-14H2,1H3,(H,30,32)/b22-12+. The SMILES string of the molecule is Cc1ccc(COc2c(Cl)cc(/C=C3/SC(=O)N(CC(=O)Nc4ccccc4Cl)C3=O)cc2Cl)cc1. The maximum Gasteiger partial charge on any atom is 0.294 e. The number of rotatable bonds is 7. The van der Waals surface area contributed by atoms with Crippen molar-refractivity contribution >= 4 is 75.4 Å². The highest BCUT2D eigenvalue weighted by Gasteiger charge is 2.36. The number of carbonyl (C=O) groups is 3. The largest absolute Gasteiger partial charge is 0.486 e. The smallest absolute Gasteiger partial charge is 0.294 e. The predicted octanol–water partition coefficient (Wildman–Crippen LogP) is 7.21. The molecule has 3 aromatic rings. The lowest BCUT2D eigenvalue weighted by Gasteiger charge is -2.13. The summed E-state index contributed by atoms with van der Waals surface area (Å²) < 4.78 is 5.80. The van der Waals surface area contributed by atoms with Crippen molar-refractivity contribution in [1.82, 2.24) is 4.90 Å². The Morgan fingerprint density at radius 1 is 1.00 bits per heavy atom. The first-order valence-electron chi connectivity index (χ1n) is 10.7. The van der Waals surface area contributed by atoms with Crippen LogP contribution in [0.2, 0.25) is 15.1 Å². The number of imide groups is 1. The number of para-hydroxylation sites is 1. The minimum atomic E-state index is -0.591. The molecule has 1 aliphatic heterocycles. The van der Waals surface area contributed by atoms with E-state index < -0.39 is 23.6 Å². The van der Waals surface area contributed by atoms with Crippen molar-refractivity contribution in [2.45, 2.75) is 13.5 Å². The Labute approximate surface area is 227 Å². The molecule has 0 spiro atoms. The van der Waals surface area contributed by atoms with E-state index in [-0.39, 0.29) is 21.6 Å². The Bertz CT molecular complexity index is 1350. The van der Waals surface area contributed by atoms with E-state index in [0.717, 1.165) is 27.8 Å². The first-order chi connectivity index (χ1) is 17.2. The number of ether oxygens (including phenoxy) is 1. The van der Waals surface area contributed by atoms with Crippen LogP contribution >= 0.6 is 46.6 Å². The molecule has 0 unspecified atom stereocenters. The van der Waals surface area contributed by atoms with E-state index in [1.807, 2.05) is 31.2 Å². The summed E-state index contributed by atoms with van der Waals surface area (Å²) >= 11 is 19.6. The number of thioether (sulfide) groups is 1. The van der Waals surface area contributed by atoms with Gasteiger partial charge in [-0.3, -0.25) is 19.3 Å². The normalized spacial score (nSPS) is 14.4. The number of aryl methyl sites for hydroxylation is 1. The van der Waals surface area contributed by atoms with Gasteiger partial charge < -0.3 is 10.1 Å². The van der Waals surface area contributed by atoms with Crippen molar-refractivity contribution < 1.29 is 19.1 Å². The molecular formula is C26H19Cl3N2O4S. The third-order valence-corrected chi connectivity index (χ3v) is 6.94. The topological polar surface area (TPSA) is 75.7 Å². The fourth-order valence-electron chi connectivity index (χ4n) is 3.32. The minimum absolute atomic E-state index is 0.144. The van der Waals surface area contributed by atoms with E-state index in [1.54, 1.807) is 36.4 Å². The molecule has 10 heteroatoms. The van der Waals surface area contributed by atoms with Crippen LogP contribution in [0.15, 0.2) is 65.6 Å². The van der Waals surface area contributed by atoms with Gasteiger partial charge in [0.25, 0.3) is 11.1 Å². The monoisotopic (exact) mass is 560 g/mol. The van der Waals surface area contributed by atoms with Gasteiger partial charge in [0.15, 0.2) is 5.75 Å². The van der Waals surface area contributed by atoms with Crippen molar-refractivity contribution in [3.63, 3.8) is 0 Å². The molecule has 0 atom stereocenters. The molecule has 184 valence electrons. The fraction of sp³-hybridized carbons (Fsp3) is 0.115. The van der Waals surface area contributed by atoms with Gasteiger partial charge in [-0.2, -0.15) is 0 Å². The van der Waals surface area contributed by atoms with Crippen LogP contribution in [0.1, 0.15) is 16.7 Å². The van der Waals surface area contributed by atoms with Gasteiger partial charge >= 0.3 is 0 Å². The summed E-state index contributed by atoms with van der Waals surface area (Å²) in [7, 11) is 0. The van der Waals surface area contributed by atoms with Crippen molar-refractivity contribution in [3.05, 3.63) is 97.3 Å². The van der Waals surface area contributed by atoms with Gasteiger partial charge in [0.1, 0.15) is 13.2 Å². The molecule has 36 heavy (non-hydrogen) atoms. The Morgan fingerprint density at radius 2 is 1.67 bits per heavy atom. The highest BCUT2D eigenvalue weighted by molar-refractivity contribution is 8.18. The maximum atomic E-state index is 12.8.